The Morgan fingerprint density at radius 3 is 2.38 bits per heavy atom. The van der Waals surface area contributed by atoms with Gasteiger partial charge in [0.1, 0.15) is 0 Å². The number of phenols is 3. The summed E-state index contributed by atoms with van der Waals surface area (Å²) < 4.78 is 0. The first-order valence-corrected chi connectivity index (χ1v) is 7.68. The van der Waals surface area contributed by atoms with E-state index in [-0.39, 0.29) is 11.5 Å². The van der Waals surface area contributed by atoms with Crippen LogP contribution in [0, 0.1) is 0 Å². The fourth-order valence-electron chi connectivity index (χ4n) is 2.30. The van der Waals surface area contributed by atoms with Gasteiger partial charge in [0, 0.05) is 18.2 Å². The quantitative estimate of drug-likeness (QED) is 0.527. The van der Waals surface area contributed by atoms with Crippen LogP contribution in [0.1, 0.15) is 39.2 Å². The number of hydrogen-bond acceptors (Lipinski definition) is 5. The molecule has 0 bridgehead atoms. The van der Waals surface area contributed by atoms with E-state index in [9.17, 15) is 15.3 Å². The third-order valence-corrected chi connectivity index (χ3v) is 3.86. The second kappa shape index (κ2) is 8.74. The van der Waals surface area contributed by atoms with Crippen LogP contribution in [0.15, 0.2) is 12.1 Å². The zero-order valence-corrected chi connectivity index (χ0v) is 13.3. The highest BCUT2D eigenvalue weighted by Gasteiger charge is 2.11. The fourth-order valence-corrected chi connectivity index (χ4v) is 2.30. The van der Waals surface area contributed by atoms with Gasteiger partial charge in [0.15, 0.2) is 11.5 Å². The lowest BCUT2D eigenvalue weighted by molar-refractivity contribution is 0.290. The van der Waals surface area contributed by atoms with Gasteiger partial charge in [0.25, 0.3) is 0 Å². The maximum absolute atomic E-state index is 9.75. The van der Waals surface area contributed by atoms with Crippen LogP contribution in [-0.2, 0) is 6.54 Å². The lowest BCUT2D eigenvalue weighted by Crippen LogP contribution is -2.28. The minimum atomic E-state index is -0.455. The summed E-state index contributed by atoms with van der Waals surface area (Å²) >= 11 is 0. The van der Waals surface area contributed by atoms with E-state index in [0.717, 1.165) is 32.5 Å². The molecule has 0 saturated heterocycles. The smallest absolute Gasteiger partial charge is 0.200 e. The molecule has 0 aliphatic heterocycles. The minimum absolute atomic E-state index is 0.252. The molecule has 1 atom stereocenters. The van der Waals surface area contributed by atoms with E-state index in [2.05, 4.69) is 31.0 Å². The molecule has 120 valence electrons. The maximum Gasteiger partial charge on any atom is 0.200 e. The minimum Gasteiger partial charge on any atom is -0.504 e. The Kier molecular flexibility index (Phi) is 7.32. The zero-order chi connectivity index (χ0) is 15.8. The van der Waals surface area contributed by atoms with Gasteiger partial charge in [-0.2, -0.15) is 0 Å². The van der Waals surface area contributed by atoms with Crippen molar-refractivity contribution < 1.29 is 15.3 Å². The Bertz CT molecular complexity index is 434. The van der Waals surface area contributed by atoms with Gasteiger partial charge in [-0.3, -0.25) is 0 Å². The van der Waals surface area contributed by atoms with Crippen LogP contribution >= 0.6 is 0 Å². The second-order valence-corrected chi connectivity index (χ2v) is 5.39. The van der Waals surface area contributed by atoms with E-state index in [4.69, 9.17) is 0 Å². The lowest BCUT2D eigenvalue weighted by atomic mass is 10.1. The molecule has 1 rings (SSSR count). The summed E-state index contributed by atoms with van der Waals surface area (Å²) in [6, 6.07) is 3.33. The number of hydrogen-bond donors (Lipinski definition) is 4. The number of nitrogens with zero attached hydrogens (tertiary/aromatic N) is 1. The standard InChI is InChI=1S/C16H28N2O3/c1-4-18(5-2)10-6-7-12(3)17-11-13-8-9-14(19)16(21)15(13)20/h8-9,12,17,19-21H,4-7,10-11H2,1-3H3. The maximum atomic E-state index is 9.75. The number of rotatable bonds is 9. The molecule has 0 radical (unpaired) electrons. The average molecular weight is 296 g/mol. The Balaban J connectivity index is 2.36. The lowest BCUT2D eigenvalue weighted by Gasteiger charge is -2.20. The zero-order valence-electron chi connectivity index (χ0n) is 13.3. The average Bonchev–Trinajstić information content (AvgIpc) is 2.48. The molecule has 0 aliphatic carbocycles. The van der Waals surface area contributed by atoms with E-state index in [1.807, 2.05) is 0 Å². The third kappa shape index (κ3) is 5.44. The molecule has 0 fully saturated rings. The molecule has 5 nitrogen and oxygen atoms in total. The van der Waals surface area contributed by atoms with Gasteiger partial charge in [-0.25, -0.2) is 0 Å². The summed E-state index contributed by atoms with van der Waals surface area (Å²) in [5.41, 5.74) is 0.584. The van der Waals surface area contributed by atoms with Gasteiger partial charge in [0.2, 0.25) is 5.75 Å². The molecule has 1 aromatic carbocycles. The van der Waals surface area contributed by atoms with Crippen LogP contribution in [0.4, 0.5) is 0 Å². The largest absolute Gasteiger partial charge is 0.504 e. The Labute approximate surface area is 127 Å². The van der Waals surface area contributed by atoms with Crippen LogP contribution in [0.2, 0.25) is 0 Å². The predicted molar refractivity (Wildman–Crippen MR) is 84.8 cm³/mol. The summed E-state index contributed by atoms with van der Waals surface area (Å²) in [7, 11) is 0. The van der Waals surface area contributed by atoms with E-state index in [1.54, 1.807) is 6.07 Å². The van der Waals surface area contributed by atoms with Gasteiger partial charge < -0.3 is 25.5 Å². The first kappa shape index (κ1) is 17.6. The number of benzene rings is 1. The summed E-state index contributed by atoms with van der Waals surface area (Å²) in [6.07, 6.45) is 2.18. The highest BCUT2D eigenvalue weighted by molar-refractivity contribution is 5.52. The van der Waals surface area contributed by atoms with Crippen molar-refractivity contribution in [2.45, 2.75) is 46.2 Å². The van der Waals surface area contributed by atoms with Crippen molar-refractivity contribution >= 4 is 0 Å². The first-order valence-electron chi connectivity index (χ1n) is 7.68. The van der Waals surface area contributed by atoms with Crippen LogP contribution < -0.4 is 5.32 Å². The van der Waals surface area contributed by atoms with Crippen LogP contribution in [0.5, 0.6) is 17.2 Å². The van der Waals surface area contributed by atoms with Crippen molar-refractivity contribution in [3.8, 4) is 17.2 Å². The summed E-state index contributed by atoms with van der Waals surface area (Å²) in [6.45, 7) is 10.2. The molecule has 1 aromatic rings. The normalized spacial score (nSPS) is 12.8. The number of nitrogens with one attached hydrogen (secondary N) is 1. The molecule has 0 heterocycles. The van der Waals surface area contributed by atoms with Crippen molar-refractivity contribution in [2.24, 2.45) is 0 Å². The first-order chi connectivity index (χ1) is 9.99. The molecule has 21 heavy (non-hydrogen) atoms. The van der Waals surface area contributed by atoms with Gasteiger partial charge >= 0.3 is 0 Å². The van der Waals surface area contributed by atoms with Crippen molar-refractivity contribution in [1.82, 2.24) is 10.2 Å². The molecule has 0 saturated carbocycles. The highest BCUT2D eigenvalue weighted by atomic mass is 16.3. The Morgan fingerprint density at radius 2 is 1.76 bits per heavy atom. The van der Waals surface area contributed by atoms with Crippen LogP contribution in [-0.4, -0.2) is 45.9 Å². The predicted octanol–water partition coefficient (Wildman–Crippen LogP) is 2.40. The molecule has 0 aliphatic rings. The number of aromatic hydroxyl groups is 3. The summed E-state index contributed by atoms with van der Waals surface area (Å²) in [4.78, 5) is 2.40. The molecular weight excluding hydrogens is 268 g/mol. The molecule has 4 N–H and O–H groups in total. The Morgan fingerprint density at radius 1 is 1.10 bits per heavy atom. The van der Waals surface area contributed by atoms with Crippen molar-refractivity contribution in [3.63, 3.8) is 0 Å². The van der Waals surface area contributed by atoms with Crippen molar-refractivity contribution in [3.05, 3.63) is 17.7 Å². The molecule has 0 spiro atoms. The summed E-state index contributed by atoms with van der Waals surface area (Å²) in [5.74, 6) is -1.01. The monoisotopic (exact) mass is 296 g/mol. The highest BCUT2D eigenvalue weighted by Crippen LogP contribution is 2.36. The van der Waals surface area contributed by atoms with Gasteiger partial charge in [-0.1, -0.05) is 19.9 Å². The second-order valence-electron chi connectivity index (χ2n) is 5.39. The SMILES string of the molecule is CCN(CC)CCCC(C)NCc1ccc(O)c(O)c1O. The van der Waals surface area contributed by atoms with E-state index < -0.39 is 5.75 Å². The van der Waals surface area contributed by atoms with Crippen LogP contribution in [0.3, 0.4) is 0 Å². The topological polar surface area (TPSA) is 76.0 Å². The van der Waals surface area contributed by atoms with Crippen molar-refractivity contribution in [2.75, 3.05) is 19.6 Å². The van der Waals surface area contributed by atoms with Gasteiger partial charge in [0.05, 0.1) is 0 Å². The van der Waals surface area contributed by atoms with Crippen LogP contribution in [0.25, 0.3) is 0 Å². The molecule has 0 aromatic heterocycles. The molecule has 1 unspecified atom stereocenters. The van der Waals surface area contributed by atoms with Gasteiger partial charge in [-0.05, 0) is 45.5 Å². The van der Waals surface area contributed by atoms with E-state index in [0.29, 0.717) is 18.2 Å². The molecule has 5 heteroatoms. The summed E-state index contributed by atoms with van der Waals surface area (Å²) in [5, 5.41) is 31.8. The van der Waals surface area contributed by atoms with Crippen molar-refractivity contribution in [1.29, 1.82) is 0 Å². The number of phenolic OH excluding ortho intramolecular Hbond substituents is 3. The molecule has 0 amide bonds. The van der Waals surface area contributed by atoms with E-state index >= 15 is 0 Å². The van der Waals surface area contributed by atoms with E-state index in [1.165, 1.54) is 6.07 Å². The third-order valence-electron chi connectivity index (χ3n) is 3.86. The van der Waals surface area contributed by atoms with Gasteiger partial charge in [-0.15, -0.1) is 0 Å². The molecular formula is C16H28N2O3. The fraction of sp³-hybridized carbons (Fsp3) is 0.625. The Hall–Kier alpha value is -1.46.